The van der Waals surface area contributed by atoms with Gasteiger partial charge in [0.2, 0.25) is 0 Å². The molecule has 2 N–H and O–H groups in total. The highest BCUT2D eigenvalue weighted by Crippen LogP contribution is 2.46. The van der Waals surface area contributed by atoms with Crippen molar-refractivity contribution >= 4 is 23.4 Å². The third kappa shape index (κ3) is 5.44. The van der Waals surface area contributed by atoms with E-state index in [0.29, 0.717) is 6.42 Å². The molecule has 1 fully saturated rings. The second kappa shape index (κ2) is 11.3. The zero-order valence-electron chi connectivity index (χ0n) is 26.6. The van der Waals surface area contributed by atoms with Crippen molar-refractivity contribution in [3.8, 4) is 39.6 Å². The number of alkyl carbamates (subject to hydrolysis) is 1. The quantitative estimate of drug-likeness (QED) is 0.196. The Bertz CT molecular complexity index is 1970. The fraction of sp³-hybridized carbons (Fsp3) is 0.263. The number of Topliss-reactive ketones (excluding diaryl/α,β-unsaturated/α-hetero) is 1. The molecule has 0 radical (unpaired) electrons. The first-order valence-corrected chi connectivity index (χ1v) is 15.8. The molecule has 5 aromatic rings. The average Bonchev–Trinajstić information content (AvgIpc) is 3.33. The highest BCUT2D eigenvalue weighted by molar-refractivity contribution is 5.91. The van der Waals surface area contributed by atoms with Crippen LogP contribution in [0.1, 0.15) is 58.1 Å². The standard InChI is InChI=1S/C38H37N5O3/c1-24(44)22-25-10-7-11-27(23-25)32-33(26-15-17-28(18-16-26)38(19-9-20-38)42-36(45)46-37(2,3)4)43-31-14-8-21-39-34(31)40-30-13-6-5-12-29(30)35(43)41-32/h5-8,10-18,21,23H,9,19-20,22H2,1-4H3,(H,39,40)(H,42,45). The molecule has 7 rings (SSSR count). The molecule has 232 valence electrons. The number of nitrogens with zero attached hydrogens (tertiary/aromatic N) is 3. The second-order valence-corrected chi connectivity index (χ2v) is 13.2. The molecule has 1 amide bonds. The van der Waals surface area contributed by atoms with E-state index in [0.717, 1.165) is 81.5 Å². The Balaban J connectivity index is 1.40. The SMILES string of the molecule is CC(=O)Cc1cccc(-c2nc3n(c2-c2ccc(C4(NC(=O)OC(C)(C)C)CCC4)cc2)-c2cccnc2Nc2ccccc2-3)c1. The lowest BCUT2D eigenvalue weighted by atomic mass is 9.71. The summed E-state index contributed by atoms with van der Waals surface area (Å²) in [6.07, 6.45) is 4.47. The number of pyridine rings is 1. The average molecular weight is 612 g/mol. The number of benzene rings is 3. The van der Waals surface area contributed by atoms with Crippen LogP contribution in [-0.2, 0) is 21.5 Å². The lowest BCUT2D eigenvalue weighted by molar-refractivity contribution is -0.116. The van der Waals surface area contributed by atoms with Gasteiger partial charge in [0.1, 0.15) is 17.2 Å². The van der Waals surface area contributed by atoms with Crippen molar-refractivity contribution < 1.29 is 14.3 Å². The number of nitrogens with one attached hydrogen (secondary N) is 2. The van der Waals surface area contributed by atoms with E-state index in [1.54, 1.807) is 13.1 Å². The van der Waals surface area contributed by atoms with Gasteiger partial charge in [-0.05, 0) is 88.4 Å². The lowest BCUT2D eigenvalue weighted by Crippen LogP contribution is -2.52. The van der Waals surface area contributed by atoms with Crippen LogP contribution in [0.4, 0.5) is 16.3 Å². The Labute approximate surface area is 268 Å². The molecule has 2 aromatic heterocycles. The van der Waals surface area contributed by atoms with E-state index in [1.165, 1.54) is 0 Å². The van der Waals surface area contributed by atoms with Crippen molar-refractivity contribution in [2.75, 3.05) is 5.32 Å². The van der Waals surface area contributed by atoms with Crippen LogP contribution >= 0.6 is 0 Å². The summed E-state index contributed by atoms with van der Waals surface area (Å²) in [5, 5.41) is 6.70. The number of para-hydroxylation sites is 1. The Morgan fingerprint density at radius 2 is 1.74 bits per heavy atom. The molecule has 2 aliphatic rings. The number of amides is 1. The lowest BCUT2D eigenvalue weighted by Gasteiger charge is -2.43. The first kappa shape index (κ1) is 29.5. The molecule has 8 heteroatoms. The van der Waals surface area contributed by atoms with Crippen molar-refractivity contribution in [1.82, 2.24) is 19.9 Å². The maximum atomic E-state index is 12.8. The van der Waals surface area contributed by atoms with Crippen LogP contribution in [0.3, 0.4) is 0 Å². The number of ketones is 1. The van der Waals surface area contributed by atoms with Crippen molar-refractivity contribution in [1.29, 1.82) is 0 Å². The second-order valence-electron chi connectivity index (χ2n) is 13.2. The number of hydrogen-bond donors (Lipinski definition) is 2. The number of rotatable bonds is 6. The van der Waals surface area contributed by atoms with Gasteiger partial charge in [-0.1, -0.05) is 54.6 Å². The Morgan fingerprint density at radius 3 is 2.46 bits per heavy atom. The van der Waals surface area contributed by atoms with Crippen molar-refractivity contribution in [3.05, 3.63) is 102 Å². The monoisotopic (exact) mass is 611 g/mol. The third-order valence-electron chi connectivity index (χ3n) is 8.64. The number of fused-ring (bicyclic) bond motifs is 5. The molecule has 0 unspecified atom stereocenters. The minimum Gasteiger partial charge on any atom is -0.444 e. The fourth-order valence-corrected chi connectivity index (χ4v) is 6.47. The molecule has 0 saturated heterocycles. The predicted molar refractivity (Wildman–Crippen MR) is 180 cm³/mol. The van der Waals surface area contributed by atoms with Gasteiger partial charge in [-0.15, -0.1) is 0 Å². The first-order chi connectivity index (χ1) is 22.1. The molecule has 0 bridgehead atoms. The Morgan fingerprint density at radius 1 is 0.957 bits per heavy atom. The summed E-state index contributed by atoms with van der Waals surface area (Å²) in [5.74, 6) is 1.64. The summed E-state index contributed by atoms with van der Waals surface area (Å²) >= 11 is 0. The minimum atomic E-state index is -0.574. The molecule has 1 aliphatic carbocycles. The van der Waals surface area contributed by atoms with Crippen LogP contribution < -0.4 is 10.6 Å². The predicted octanol–water partition coefficient (Wildman–Crippen LogP) is 8.36. The first-order valence-electron chi connectivity index (χ1n) is 15.8. The largest absolute Gasteiger partial charge is 0.444 e. The summed E-state index contributed by atoms with van der Waals surface area (Å²) in [4.78, 5) is 34.9. The van der Waals surface area contributed by atoms with Gasteiger partial charge in [0.05, 0.1) is 28.3 Å². The van der Waals surface area contributed by atoms with Gasteiger partial charge >= 0.3 is 6.09 Å². The van der Waals surface area contributed by atoms with E-state index >= 15 is 0 Å². The summed E-state index contributed by atoms with van der Waals surface area (Å²) in [6.45, 7) is 7.23. The van der Waals surface area contributed by atoms with E-state index < -0.39 is 17.2 Å². The molecule has 3 aromatic carbocycles. The minimum absolute atomic E-state index is 0.110. The normalized spacial score (nSPS) is 14.4. The highest BCUT2D eigenvalue weighted by atomic mass is 16.6. The molecule has 0 spiro atoms. The van der Waals surface area contributed by atoms with E-state index in [-0.39, 0.29) is 5.78 Å². The summed E-state index contributed by atoms with van der Waals surface area (Å²) < 4.78 is 7.79. The fourth-order valence-electron chi connectivity index (χ4n) is 6.47. The maximum Gasteiger partial charge on any atom is 0.408 e. The molecule has 1 aliphatic heterocycles. The molecule has 0 atom stereocenters. The summed E-state index contributed by atoms with van der Waals surface area (Å²) in [6, 6.07) is 28.6. The highest BCUT2D eigenvalue weighted by Gasteiger charge is 2.41. The Hall–Kier alpha value is -5.24. The van der Waals surface area contributed by atoms with Crippen molar-refractivity contribution in [3.63, 3.8) is 0 Å². The number of carbonyl (C=O) groups excluding carboxylic acids is 2. The van der Waals surface area contributed by atoms with Crippen LogP contribution in [0.25, 0.3) is 39.6 Å². The number of carbonyl (C=O) groups is 2. The topological polar surface area (TPSA) is 98.1 Å². The van der Waals surface area contributed by atoms with Crippen molar-refractivity contribution in [2.45, 2.75) is 64.5 Å². The van der Waals surface area contributed by atoms with Gasteiger partial charge in [-0.25, -0.2) is 14.8 Å². The molecule has 8 nitrogen and oxygen atoms in total. The van der Waals surface area contributed by atoms with Gasteiger partial charge in [0, 0.05) is 29.3 Å². The van der Waals surface area contributed by atoms with Gasteiger partial charge in [-0.3, -0.25) is 9.36 Å². The van der Waals surface area contributed by atoms with Crippen LogP contribution in [0.15, 0.2) is 91.1 Å². The van der Waals surface area contributed by atoms with Crippen molar-refractivity contribution in [2.24, 2.45) is 0 Å². The molecule has 1 saturated carbocycles. The van der Waals surface area contributed by atoms with E-state index in [9.17, 15) is 9.59 Å². The van der Waals surface area contributed by atoms with E-state index in [2.05, 4.69) is 51.6 Å². The summed E-state index contributed by atoms with van der Waals surface area (Å²) in [5.41, 5.74) is 7.34. The maximum absolute atomic E-state index is 12.8. The van der Waals surface area contributed by atoms with Crippen LogP contribution in [0.2, 0.25) is 0 Å². The Kier molecular flexibility index (Phi) is 7.23. The number of hydrogen-bond acceptors (Lipinski definition) is 6. The molecule has 46 heavy (non-hydrogen) atoms. The third-order valence-corrected chi connectivity index (χ3v) is 8.64. The zero-order chi connectivity index (χ0) is 32.1. The molecular weight excluding hydrogens is 574 g/mol. The molecular formula is C38H37N5O3. The number of anilines is 2. The van der Waals surface area contributed by atoms with Gasteiger partial charge in [0.15, 0.2) is 5.82 Å². The van der Waals surface area contributed by atoms with Gasteiger partial charge in [0.25, 0.3) is 0 Å². The number of aromatic nitrogens is 3. The van der Waals surface area contributed by atoms with E-state index in [1.807, 2.05) is 69.3 Å². The number of imidazole rings is 1. The number of ether oxygens (including phenoxy) is 1. The van der Waals surface area contributed by atoms with Crippen LogP contribution in [0, 0.1) is 0 Å². The summed E-state index contributed by atoms with van der Waals surface area (Å²) in [7, 11) is 0. The smallest absolute Gasteiger partial charge is 0.408 e. The van der Waals surface area contributed by atoms with E-state index in [4.69, 9.17) is 14.7 Å². The molecule has 3 heterocycles. The van der Waals surface area contributed by atoms with Crippen LogP contribution in [-0.4, -0.2) is 32.0 Å². The zero-order valence-corrected chi connectivity index (χ0v) is 26.6. The van der Waals surface area contributed by atoms with Gasteiger partial charge in [-0.2, -0.15) is 0 Å². The van der Waals surface area contributed by atoms with Crippen LogP contribution in [0.5, 0.6) is 0 Å². The van der Waals surface area contributed by atoms with Gasteiger partial charge < -0.3 is 15.4 Å².